The number of pyridine rings is 2. The van der Waals surface area contributed by atoms with Crippen molar-refractivity contribution in [1.29, 1.82) is 0 Å². The quantitative estimate of drug-likeness (QED) is 0.710. The van der Waals surface area contributed by atoms with Crippen molar-refractivity contribution in [3.05, 3.63) is 66.4 Å². The maximum Gasteiger partial charge on any atom is 0.212 e. The summed E-state index contributed by atoms with van der Waals surface area (Å²) in [5.74, 6) is 0.749. The summed E-state index contributed by atoms with van der Waals surface area (Å²) in [5, 5.41) is 3.38. The highest BCUT2D eigenvalue weighted by molar-refractivity contribution is 6.08. The van der Waals surface area contributed by atoms with Crippen LogP contribution in [-0.4, -0.2) is 46.9 Å². The highest BCUT2D eigenvalue weighted by atomic mass is 16.1. The van der Waals surface area contributed by atoms with Gasteiger partial charge in [-0.3, -0.25) is 9.78 Å². The number of rotatable bonds is 4. The number of hydrogen-bond acceptors (Lipinski definition) is 5. The van der Waals surface area contributed by atoms with E-state index in [-0.39, 0.29) is 5.78 Å². The molecule has 0 unspecified atom stereocenters. The number of anilines is 1. The molecular formula is C20H21N5O. The summed E-state index contributed by atoms with van der Waals surface area (Å²) >= 11 is 0. The summed E-state index contributed by atoms with van der Waals surface area (Å²) < 4.78 is 0. The Morgan fingerprint density at radius 3 is 2.92 bits per heavy atom. The molecule has 0 aromatic carbocycles. The molecule has 3 aromatic heterocycles. The Morgan fingerprint density at radius 2 is 2.04 bits per heavy atom. The molecule has 4 heterocycles. The molecule has 1 aliphatic heterocycles. The molecule has 0 radical (unpaired) electrons. The topological polar surface area (TPSA) is 73.9 Å². The van der Waals surface area contributed by atoms with E-state index in [1.165, 1.54) is 0 Å². The first kappa shape index (κ1) is 16.5. The third-order valence-corrected chi connectivity index (χ3v) is 4.56. The number of nitrogens with zero attached hydrogens (tertiary/aromatic N) is 3. The summed E-state index contributed by atoms with van der Waals surface area (Å²) in [5.41, 5.74) is 2.91. The van der Waals surface area contributed by atoms with Crippen LogP contribution in [0.4, 0.5) is 5.82 Å². The summed E-state index contributed by atoms with van der Waals surface area (Å²) in [6.45, 7) is 3.80. The van der Waals surface area contributed by atoms with E-state index in [0.717, 1.165) is 49.5 Å². The molecule has 0 amide bonds. The van der Waals surface area contributed by atoms with E-state index in [1.54, 1.807) is 18.5 Å². The van der Waals surface area contributed by atoms with Gasteiger partial charge in [0.1, 0.15) is 11.5 Å². The molecule has 0 atom stereocenters. The summed E-state index contributed by atoms with van der Waals surface area (Å²) in [4.78, 5) is 27.0. The number of aromatic amines is 1. The van der Waals surface area contributed by atoms with Gasteiger partial charge in [0.15, 0.2) is 0 Å². The Balaban J connectivity index is 1.60. The van der Waals surface area contributed by atoms with Gasteiger partial charge in [0, 0.05) is 61.1 Å². The smallest absolute Gasteiger partial charge is 0.212 e. The molecule has 6 heteroatoms. The number of carbonyl (C=O) groups is 1. The van der Waals surface area contributed by atoms with Crippen LogP contribution >= 0.6 is 0 Å². The van der Waals surface area contributed by atoms with Crippen LogP contribution in [0.3, 0.4) is 0 Å². The fourth-order valence-electron chi connectivity index (χ4n) is 3.17. The summed E-state index contributed by atoms with van der Waals surface area (Å²) in [7, 11) is 0. The lowest BCUT2D eigenvalue weighted by molar-refractivity contribution is 0.103. The number of carbonyl (C=O) groups excluding carboxylic acids is 1. The van der Waals surface area contributed by atoms with E-state index in [0.29, 0.717) is 11.3 Å². The Labute approximate surface area is 152 Å². The van der Waals surface area contributed by atoms with E-state index in [1.807, 2.05) is 36.7 Å². The summed E-state index contributed by atoms with van der Waals surface area (Å²) in [6.07, 6.45) is 8.17. The fraction of sp³-hybridized carbons (Fsp3) is 0.250. The van der Waals surface area contributed by atoms with Gasteiger partial charge in [-0.2, -0.15) is 0 Å². The summed E-state index contributed by atoms with van der Waals surface area (Å²) in [6, 6.07) is 9.46. The van der Waals surface area contributed by atoms with Crippen molar-refractivity contribution < 1.29 is 4.79 Å². The van der Waals surface area contributed by atoms with Gasteiger partial charge < -0.3 is 15.2 Å². The number of H-pyrrole nitrogens is 1. The maximum absolute atomic E-state index is 12.9. The average molecular weight is 347 g/mol. The highest BCUT2D eigenvalue weighted by Gasteiger charge is 2.16. The Morgan fingerprint density at radius 1 is 1.08 bits per heavy atom. The molecule has 0 bridgehead atoms. The van der Waals surface area contributed by atoms with Crippen LogP contribution in [0.2, 0.25) is 0 Å². The van der Waals surface area contributed by atoms with Crippen molar-refractivity contribution >= 4 is 11.6 Å². The van der Waals surface area contributed by atoms with Crippen LogP contribution in [0.5, 0.6) is 0 Å². The van der Waals surface area contributed by atoms with Crippen LogP contribution in [0.15, 0.2) is 55.1 Å². The third kappa shape index (κ3) is 3.50. The van der Waals surface area contributed by atoms with Crippen LogP contribution < -0.4 is 10.2 Å². The first-order valence-corrected chi connectivity index (χ1v) is 8.87. The number of ketones is 1. The molecule has 132 valence electrons. The Bertz CT molecular complexity index is 883. The van der Waals surface area contributed by atoms with Crippen molar-refractivity contribution in [1.82, 2.24) is 20.3 Å². The zero-order chi connectivity index (χ0) is 17.8. The molecule has 0 saturated carbocycles. The monoisotopic (exact) mass is 347 g/mol. The molecule has 0 aliphatic carbocycles. The normalized spacial score (nSPS) is 14.8. The Kier molecular flexibility index (Phi) is 4.75. The number of aromatic nitrogens is 3. The van der Waals surface area contributed by atoms with Crippen LogP contribution in [0.25, 0.3) is 11.1 Å². The van der Waals surface area contributed by atoms with E-state index in [4.69, 9.17) is 0 Å². The van der Waals surface area contributed by atoms with Gasteiger partial charge >= 0.3 is 0 Å². The lowest BCUT2D eigenvalue weighted by Crippen LogP contribution is -2.28. The second-order valence-electron chi connectivity index (χ2n) is 6.36. The molecule has 4 rings (SSSR count). The fourth-order valence-corrected chi connectivity index (χ4v) is 3.17. The highest BCUT2D eigenvalue weighted by Crippen LogP contribution is 2.20. The molecule has 0 spiro atoms. The predicted molar refractivity (Wildman–Crippen MR) is 101 cm³/mol. The number of hydrogen-bond donors (Lipinski definition) is 2. The van der Waals surface area contributed by atoms with E-state index >= 15 is 0 Å². The SMILES string of the molecule is O=C(c1cncc(-c2cc[nH]c2)c1)c1cccc(N2CCCNCC2)n1. The number of nitrogens with one attached hydrogen (secondary N) is 2. The van der Waals surface area contributed by atoms with Crippen LogP contribution in [-0.2, 0) is 0 Å². The Hall–Kier alpha value is -2.99. The van der Waals surface area contributed by atoms with E-state index in [9.17, 15) is 4.79 Å². The third-order valence-electron chi connectivity index (χ3n) is 4.56. The van der Waals surface area contributed by atoms with E-state index < -0.39 is 0 Å². The zero-order valence-corrected chi connectivity index (χ0v) is 14.5. The van der Waals surface area contributed by atoms with Gasteiger partial charge in [0.05, 0.1) is 0 Å². The molecular weight excluding hydrogens is 326 g/mol. The molecule has 1 saturated heterocycles. The minimum absolute atomic E-state index is 0.107. The maximum atomic E-state index is 12.9. The lowest BCUT2D eigenvalue weighted by Gasteiger charge is -2.21. The molecule has 6 nitrogen and oxygen atoms in total. The minimum atomic E-state index is -0.107. The molecule has 1 aliphatic rings. The predicted octanol–water partition coefficient (Wildman–Crippen LogP) is 2.50. The van der Waals surface area contributed by atoms with Gasteiger partial charge in [0.2, 0.25) is 5.78 Å². The van der Waals surface area contributed by atoms with Crippen molar-refractivity contribution in [2.75, 3.05) is 31.1 Å². The molecule has 3 aromatic rings. The van der Waals surface area contributed by atoms with Crippen molar-refractivity contribution in [2.24, 2.45) is 0 Å². The first-order chi connectivity index (χ1) is 12.8. The molecule has 1 fully saturated rings. The lowest BCUT2D eigenvalue weighted by atomic mass is 10.1. The van der Waals surface area contributed by atoms with Crippen molar-refractivity contribution in [3.8, 4) is 11.1 Å². The standard InChI is InChI=1S/C20H21N5O/c26-20(17-11-16(13-23-14-17)15-5-7-22-12-15)18-3-1-4-19(24-18)25-9-2-6-21-8-10-25/h1,3-5,7,11-14,21-22H,2,6,8-10H2. The van der Waals surface area contributed by atoms with Crippen LogP contribution in [0.1, 0.15) is 22.5 Å². The van der Waals surface area contributed by atoms with Crippen molar-refractivity contribution in [2.45, 2.75) is 6.42 Å². The molecule has 2 N–H and O–H groups in total. The van der Waals surface area contributed by atoms with Crippen LogP contribution in [0, 0.1) is 0 Å². The molecule has 26 heavy (non-hydrogen) atoms. The van der Waals surface area contributed by atoms with Crippen molar-refractivity contribution in [3.63, 3.8) is 0 Å². The van der Waals surface area contributed by atoms with Gasteiger partial charge in [-0.05, 0) is 37.2 Å². The van der Waals surface area contributed by atoms with Gasteiger partial charge in [-0.15, -0.1) is 0 Å². The van der Waals surface area contributed by atoms with Gasteiger partial charge in [-0.25, -0.2) is 4.98 Å². The van der Waals surface area contributed by atoms with E-state index in [2.05, 4.69) is 25.2 Å². The minimum Gasteiger partial charge on any atom is -0.367 e. The second-order valence-corrected chi connectivity index (χ2v) is 6.36. The zero-order valence-electron chi connectivity index (χ0n) is 14.5. The average Bonchev–Trinajstić information content (AvgIpc) is 3.10. The first-order valence-electron chi connectivity index (χ1n) is 8.87. The van der Waals surface area contributed by atoms with Gasteiger partial charge in [0.25, 0.3) is 0 Å². The second kappa shape index (κ2) is 7.49. The largest absolute Gasteiger partial charge is 0.367 e. The van der Waals surface area contributed by atoms with Gasteiger partial charge in [-0.1, -0.05) is 6.07 Å².